The molecule has 0 aliphatic rings. The van der Waals surface area contributed by atoms with E-state index in [0.717, 1.165) is 5.56 Å². The van der Waals surface area contributed by atoms with Gasteiger partial charge in [0, 0.05) is 13.0 Å². The third kappa shape index (κ3) is 6.26. The summed E-state index contributed by atoms with van der Waals surface area (Å²) < 4.78 is 26.8. The van der Waals surface area contributed by atoms with Gasteiger partial charge in [-0.25, -0.2) is 8.78 Å². The molecule has 0 fully saturated rings. The van der Waals surface area contributed by atoms with Crippen molar-refractivity contribution in [3.8, 4) is 0 Å². The minimum absolute atomic E-state index is 0. The lowest BCUT2D eigenvalue weighted by Crippen LogP contribution is -2.31. The van der Waals surface area contributed by atoms with Crippen LogP contribution in [-0.4, -0.2) is 19.5 Å². The van der Waals surface area contributed by atoms with Crippen molar-refractivity contribution < 1.29 is 13.6 Å². The topological polar surface area (TPSA) is 41.1 Å². The molecule has 2 aromatic carbocycles. The van der Waals surface area contributed by atoms with Gasteiger partial charge in [-0.05, 0) is 48.9 Å². The summed E-state index contributed by atoms with van der Waals surface area (Å²) in [5, 5.41) is 5.80. The Morgan fingerprint density at radius 2 is 1.75 bits per heavy atom. The van der Waals surface area contributed by atoms with Crippen molar-refractivity contribution in [3.63, 3.8) is 0 Å². The lowest BCUT2D eigenvalue weighted by Gasteiger charge is -2.20. The van der Waals surface area contributed by atoms with Crippen LogP contribution in [0, 0.1) is 11.6 Å². The zero-order chi connectivity index (χ0) is 16.7. The van der Waals surface area contributed by atoms with Gasteiger partial charge in [0.15, 0.2) is 0 Å². The predicted octanol–water partition coefficient (Wildman–Crippen LogP) is 3.40. The molecular formula is C18H21ClF2N2O. The van der Waals surface area contributed by atoms with Gasteiger partial charge in [-0.2, -0.15) is 0 Å². The highest BCUT2D eigenvalue weighted by Gasteiger charge is 2.16. The fraction of sp³-hybridized carbons (Fsp3) is 0.278. The number of rotatable bonds is 7. The molecule has 0 saturated heterocycles. The Morgan fingerprint density at radius 3 is 2.38 bits per heavy atom. The van der Waals surface area contributed by atoms with E-state index >= 15 is 0 Å². The van der Waals surface area contributed by atoms with Gasteiger partial charge < -0.3 is 10.6 Å². The highest BCUT2D eigenvalue weighted by molar-refractivity contribution is 5.85. The zero-order valence-electron chi connectivity index (χ0n) is 13.4. The molecule has 1 atom stereocenters. The summed E-state index contributed by atoms with van der Waals surface area (Å²) in [7, 11) is 1.77. The summed E-state index contributed by atoms with van der Waals surface area (Å²) in [6.07, 6.45) is 0.720. The quantitative estimate of drug-likeness (QED) is 0.800. The van der Waals surface area contributed by atoms with Crippen LogP contribution in [0.4, 0.5) is 8.78 Å². The molecule has 0 bridgehead atoms. The van der Waals surface area contributed by atoms with Crippen molar-refractivity contribution >= 4 is 18.3 Å². The molecule has 0 spiro atoms. The molecule has 6 heteroatoms. The largest absolute Gasteiger partial charge is 0.349 e. The molecule has 0 aromatic heterocycles. The molecule has 0 saturated carbocycles. The highest BCUT2D eigenvalue weighted by atomic mass is 35.5. The minimum Gasteiger partial charge on any atom is -0.349 e. The molecule has 130 valence electrons. The van der Waals surface area contributed by atoms with Crippen LogP contribution in [0.15, 0.2) is 48.5 Å². The Labute approximate surface area is 146 Å². The maximum atomic E-state index is 13.5. The van der Waals surface area contributed by atoms with Gasteiger partial charge in [-0.3, -0.25) is 4.79 Å². The van der Waals surface area contributed by atoms with Crippen molar-refractivity contribution in [1.29, 1.82) is 0 Å². The van der Waals surface area contributed by atoms with Crippen molar-refractivity contribution in [2.24, 2.45) is 0 Å². The SMILES string of the molecule is CNCCC(=O)NC(Cc1cccc(F)c1)c1cccc(F)c1.Cl. The summed E-state index contributed by atoms with van der Waals surface area (Å²) >= 11 is 0. The first-order valence-electron chi connectivity index (χ1n) is 7.52. The third-order valence-electron chi connectivity index (χ3n) is 3.52. The Morgan fingerprint density at radius 1 is 1.08 bits per heavy atom. The van der Waals surface area contributed by atoms with Gasteiger partial charge in [0.05, 0.1) is 6.04 Å². The number of nitrogens with one attached hydrogen (secondary N) is 2. The third-order valence-corrected chi connectivity index (χ3v) is 3.52. The van der Waals surface area contributed by atoms with Crippen LogP contribution in [0.1, 0.15) is 23.6 Å². The first kappa shape index (κ1) is 20.1. The van der Waals surface area contributed by atoms with E-state index < -0.39 is 6.04 Å². The van der Waals surface area contributed by atoms with Crippen LogP contribution in [0.5, 0.6) is 0 Å². The Kier molecular flexibility index (Phi) is 8.36. The van der Waals surface area contributed by atoms with E-state index in [-0.39, 0.29) is 29.9 Å². The Bertz CT molecular complexity index is 667. The fourth-order valence-electron chi connectivity index (χ4n) is 2.38. The van der Waals surface area contributed by atoms with E-state index in [1.807, 2.05) is 0 Å². The number of carbonyl (C=O) groups excluding carboxylic acids is 1. The first-order valence-corrected chi connectivity index (χ1v) is 7.52. The summed E-state index contributed by atoms with van der Waals surface area (Å²) in [5.41, 5.74) is 1.40. The molecule has 0 aliphatic carbocycles. The normalized spacial score (nSPS) is 11.5. The summed E-state index contributed by atoms with van der Waals surface area (Å²) in [4.78, 5) is 12.0. The van der Waals surface area contributed by atoms with Crippen LogP contribution in [0.2, 0.25) is 0 Å². The van der Waals surface area contributed by atoms with E-state index in [2.05, 4.69) is 10.6 Å². The lowest BCUT2D eigenvalue weighted by atomic mass is 9.98. The van der Waals surface area contributed by atoms with E-state index in [1.165, 1.54) is 24.3 Å². The molecule has 2 N–H and O–H groups in total. The number of benzene rings is 2. The maximum absolute atomic E-state index is 13.5. The van der Waals surface area contributed by atoms with E-state index in [1.54, 1.807) is 31.3 Å². The molecule has 0 heterocycles. The van der Waals surface area contributed by atoms with Crippen LogP contribution in [0.25, 0.3) is 0 Å². The molecule has 0 radical (unpaired) electrons. The average molecular weight is 355 g/mol. The first-order chi connectivity index (χ1) is 11.1. The molecule has 1 unspecified atom stereocenters. The van der Waals surface area contributed by atoms with E-state index in [0.29, 0.717) is 24.9 Å². The van der Waals surface area contributed by atoms with Gasteiger partial charge in [-0.15, -0.1) is 12.4 Å². The second-order valence-electron chi connectivity index (χ2n) is 5.36. The molecule has 2 rings (SSSR count). The molecule has 1 amide bonds. The van der Waals surface area contributed by atoms with Crippen molar-refractivity contribution in [1.82, 2.24) is 10.6 Å². The van der Waals surface area contributed by atoms with Crippen molar-refractivity contribution in [2.45, 2.75) is 18.9 Å². The van der Waals surface area contributed by atoms with Crippen LogP contribution in [0.3, 0.4) is 0 Å². The monoisotopic (exact) mass is 354 g/mol. The molecule has 0 aliphatic heterocycles. The van der Waals surface area contributed by atoms with Crippen molar-refractivity contribution in [2.75, 3.05) is 13.6 Å². The smallest absolute Gasteiger partial charge is 0.221 e. The molecule has 2 aromatic rings. The number of carbonyl (C=O) groups is 1. The van der Waals surface area contributed by atoms with E-state index in [9.17, 15) is 13.6 Å². The summed E-state index contributed by atoms with van der Waals surface area (Å²) in [5.74, 6) is -0.830. The average Bonchev–Trinajstić information content (AvgIpc) is 2.52. The second-order valence-corrected chi connectivity index (χ2v) is 5.36. The van der Waals surface area contributed by atoms with Gasteiger partial charge in [0.2, 0.25) is 5.91 Å². The molecule has 24 heavy (non-hydrogen) atoms. The van der Waals surface area contributed by atoms with Gasteiger partial charge in [0.25, 0.3) is 0 Å². The second kappa shape index (κ2) is 10.0. The van der Waals surface area contributed by atoms with Crippen LogP contribution >= 0.6 is 12.4 Å². The van der Waals surface area contributed by atoms with Gasteiger partial charge in [0.1, 0.15) is 11.6 Å². The minimum atomic E-state index is -0.406. The van der Waals surface area contributed by atoms with E-state index in [4.69, 9.17) is 0 Å². The van der Waals surface area contributed by atoms with Crippen LogP contribution in [-0.2, 0) is 11.2 Å². The fourth-order valence-corrected chi connectivity index (χ4v) is 2.38. The van der Waals surface area contributed by atoms with Crippen molar-refractivity contribution in [3.05, 3.63) is 71.3 Å². The predicted molar refractivity (Wildman–Crippen MR) is 93.2 cm³/mol. The number of amides is 1. The maximum Gasteiger partial charge on any atom is 0.221 e. The highest BCUT2D eigenvalue weighted by Crippen LogP contribution is 2.20. The Balaban J connectivity index is 0.00000288. The molecule has 3 nitrogen and oxygen atoms in total. The standard InChI is InChI=1S/C18H20F2N2O.ClH/c1-21-9-8-18(23)22-17(14-5-3-7-16(20)12-14)11-13-4-2-6-15(19)10-13;/h2-7,10,12,17,21H,8-9,11H2,1H3,(H,22,23);1H. The summed E-state index contributed by atoms with van der Waals surface area (Å²) in [6, 6.07) is 11.9. The molecular weight excluding hydrogens is 334 g/mol. The van der Waals surface area contributed by atoms with Crippen LogP contribution < -0.4 is 10.6 Å². The lowest BCUT2D eigenvalue weighted by molar-refractivity contribution is -0.121. The number of hydrogen-bond donors (Lipinski definition) is 2. The van der Waals surface area contributed by atoms with Gasteiger partial charge in [-0.1, -0.05) is 24.3 Å². The Hall–Kier alpha value is -1.98. The van der Waals surface area contributed by atoms with Gasteiger partial charge >= 0.3 is 0 Å². The summed E-state index contributed by atoms with van der Waals surface area (Å²) in [6.45, 7) is 0.557. The number of hydrogen-bond acceptors (Lipinski definition) is 2. The number of halogens is 3. The zero-order valence-corrected chi connectivity index (χ0v) is 14.2.